The summed E-state index contributed by atoms with van der Waals surface area (Å²) in [5.74, 6) is 0.320. The molecule has 0 saturated carbocycles. The highest BCUT2D eigenvalue weighted by Crippen LogP contribution is 2.41. The summed E-state index contributed by atoms with van der Waals surface area (Å²) in [5, 5.41) is 20.9. The average Bonchev–Trinajstić information content (AvgIpc) is 3.03. The number of H-pyrrole nitrogens is 1. The summed E-state index contributed by atoms with van der Waals surface area (Å²) in [6.45, 7) is 4.03. The highest BCUT2D eigenvalue weighted by molar-refractivity contribution is 7.18. The molecule has 0 aliphatic rings. The largest absolute Gasteiger partial charge is 0.493 e. The second-order valence-corrected chi connectivity index (χ2v) is 7.54. The van der Waals surface area contributed by atoms with Crippen molar-refractivity contribution >= 4 is 67.2 Å². The van der Waals surface area contributed by atoms with Crippen LogP contribution in [0.5, 0.6) is 5.88 Å². The lowest BCUT2D eigenvalue weighted by Gasteiger charge is -1.97. The molecule has 0 aliphatic carbocycles. The molecule has 0 atom stereocenters. The van der Waals surface area contributed by atoms with Gasteiger partial charge in [0.2, 0.25) is 5.88 Å². The molecule has 2 N–H and O–H groups in total. The molecule has 9 heteroatoms. The fourth-order valence-electron chi connectivity index (χ4n) is 2.63. The third-order valence-corrected chi connectivity index (χ3v) is 5.60. The Morgan fingerprint density at radius 1 is 1.16 bits per heavy atom. The number of nitrogens with zero attached hydrogens (tertiary/aromatic N) is 4. The number of rotatable bonds is 2. The van der Waals surface area contributed by atoms with Crippen molar-refractivity contribution in [3.63, 3.8) is 0 Å². The van der Waals surface area contributed by atoms with E-state index in [9.17, 15) is 5.11 Å². The van der Waals surface area contributed by atoms with Crippen molar-refractivity contribution in [2.75, 3.05) is 0 Å². The summed E-state index contributed by atoms with van der Waals surface area (Å²) in [4.78, 5) is 13.3. The molecule has 0 spiro atoms. The van der Waals surface area contributed by atoms with Crippen molar-refractivity contribution in [2.45, 2.75) is 13.8 Å². The number of halogens is 2. The Bertz CT molecular complexity index is 1160. The minimum absolute atomic E-state index is 0.133. The molecule has 0 aliphatic heterocycles. The number of fused-ring (bicyclic) bond motifs is 2. The maximum atomic E-state index is 10.2. The number of aromatic nitrogens is 3. The highest BCUT2D eigenvalue weighted by atomic mass is 35.5. The van der Waals surface area contributed by atoms with Crippen molar-refractivity contribution in [1.82, 2.24) is 15.0 Å². The molecular weight excluding hydrogens is 381 g/mol. The van der Waals surface area contributed by atoms with Gasteiger partial charge in [-0.1, -0.05) is 23.2 Å². The van der Waals surface area contributed by atoms with Crippen molar-refractivity contribution < 1.29 is 5.11 Å². The average molecular weight is 392 g/mol. The van der Waals surface area contributed by atoms with Gasteiger partial charge in [0.25, 0.3) is 0 Å². The lowest BCUT2D eigenvalue weighted by molar-refractivity contribution is 0.459. The van der Waals surface area contributed by atoms with E-state index in [1.807, 2.05) is 13.8 Å². The number of thiophene rings is 1. The normalized spacial score (nSPS) is 12.0. The zero-order chi connectivity index (χ0) is 17.7. The summed E-state index contributed by atoms with van der Waals surface area (Å²) in [5.41, 5.74) is 1.88. The van der Waals surface area contributed by atoms with Gasteiger partial charge in [0.15, 0.2) is 11.5 Å². The van der Waals surface area contributed by atoms with E-state index in [0.29, 0.717) is 26.8 Å². The van der Waals surface area contributed by atoms with Crippen LogP contribution in [0.1, 0.15) is 10.4 Å². The van der Waals surface area contributed by atoms with E-state index in [1.165, 1.54) is 6.33 Å². The van der Waals surface area contributed by atoms with Crippen molar-refractivity contribution in [1.29, 1.82) is 0 Å². The van der Waals surface area contributed by atoms with E-state index in [0.717, 1.165) is 20.7 Å². The zero-order valence-electron chi connectivity index (χ0n) is 13.1. The van der Waals surface area contributed by atoms with E-state index in [4.69, 9.17) is 23.2 Å². The van der Waals surface area contributed by atoms with Crippen LogP contribution < -0.4 is 0 Å². The Hall–Kier alpha value is -2.22. The predicted molar refractivity (Wildman–Crippen MR) is 101 cm³/mol. The lowest BCUT2D eigenvalue weighted by Crippen LogP contribution is -1.80. The predicted octanol–water partition coefficient (Wildman–Crippen LogP) is 6.22. The smallest absolute Gasteiger partial charge is 0.218 e. The number of hydrogen-bond acceptors (Lipinski definition) is 6. The molecule has 4 aromatic rings. The van der Waals surface area contributed by atoms with Crippen molar-refractivity contribution in [2.24, 2.45) is 10.2 Å². The number of aryl methyl sites for hydroxylation is 2. The molecule has 6 nitrogen and oxygen atoms in total. The fourth-order valence-corrected chi connectivity index (χ4v) is 4.16. The van der Waals surface area contributed by atoms with Gasteiger partial charge in [-0.15, -0.1) is 21.6 Å². The topological polar surface area (TPSA) is 86.5 Å². The van der Waals surface area contributed by atoms with Gasteiger partial charge in [0.05, 0.1) is 15.9 Å². The standard InChI is InChI=1S/C16H11Cl2N5OS/c1-6-7(2)25-16-11(6)14(19-5-20-16)23-22-13-9-3-8(17)4-10(18)12(9)21-15(13)24/h3-5,21,24H,1-2H3. The Balaban J connectivity index is 1.89. The summed E-state index contributed by atoms with van der Waals surface area (Å²) in [6.07, 6.45) is 1.45. The molecule has 3 heterocycles. The lowest BCUT2D eigenvalue weighted by atomic mass is 10.2. The quantitative estimate of drug-likeness (QED) is 0.397. The Labute approximate surface area is 156 Å². The van der Waals surface area contributed by atoms with E-state index >= 15 is 0 Å². The summed E-state index contributed by atoms with van der Waals surface area (Å²) in [7, 11) is 0. The first-order chi connectivity index (χ1) is 12.0. The van der Waals surface area contributed by atoms with Gasteiger partial charge in [0.1, 0.15) is 11.2 Å². The third kappa shape index (κ3) is 2.64. The first-order valence-electron chi connectivity index (χ1n) is 7.28. The van der Waals surface area contributed by atoms with Gasteiger partial charge in [0, 0.05) is 15.3 Å². The molecule has 0 bridgehead atoms. The Morgan fingerprint density at radius 3 is 2.76 bits per heavy atom. The van der Waals surface area contributed by atoms with Gasteiger partial charge in [-0.05, 0) is 31.5 Å². The molecule has 1 aromatic carbocycles. The number of nitrogens with one attached hydrogen (secondary N) is 1. The molecule has 0 saturated heterocycles. The first kappa shape index (κ1) is 16.3. The van der Waals surface area contributed by atoms with E-state index < -0.39 is 0 Å². The van der Waals surface area contributed by atoms with Crippen molar-refractivity contribution in [3.05, 3.63) is 38.9 Å². The molecule has 0 radical (unpaired) electrons. The monoisotopic (exact) mass is 391 g/mol. The fraction of sp³-hybridized carbons (Fsp3) is 0.125. The number of aromatic amines is 1. The summed E-state index contributed by atoms with van der Waals surface area (Å²) in [6, 6.07) is 3.26. The molecule has 0 amide bonds. The SMILES string of the molecule is Cc1sc2ncnc(N=Nc3c(O)[nH]c4c(Cl)cc(Cl)cc34)c2c1C. The Morgan fingerprint density at radius 2 is 1.96 bits per heavy atom. The van der Waals surface area contributed by atoms with Crippen LogP contribution in [0, 0.1) is 13.8 Å². The van der Waals surface area contributed by atoms with E-state index in [1.54, 1.807) is 23.5 Å². The molecule has 3 aromatic heterocycles. The van der Waals surface area contributed by atoms with Crippen LogP contribution in [0.25, 0.3) is 21.1 Å². The molecule has 25 heavy (non-hydrogen) atoms. The second kappa shape index (κ2) is 5.94. The molecule has 126 valence electrons. The third-order valence-electron chi connectivity index (χ3n) is 3.97. The van der Waals surface area contributed by atoms with Crippen LogP contribution in [-0.4, -0.2) is 20.1 Å². The maximum Gasteiger partial charge on any atom is 0.218 e. The maximum absolute atomic E-state index is 10.2. The number of azo groups is 1. The van der Waals surface area contributed by atoms with Gasteiger partial charge < -0.3 is 10.1 Å². The van der Waals surface area contributed by atoms with Gasteiger partial charge in [-0.3, -0.25) is 0 Å². The summed E-state index contributed by atoms with van der Waals surface area (Å²) < 4.78 is 0. The first-order valence-corrected chi connectivity index (χ1v) is 8.85. The van der Waals surface area contributed by atoms with Crippen LogP contribution in [0.15, 0.2) is 28.7 Å². The second-order valence-electron chi connectivity index (χ2n) is 5.49. The van der Waals surface area contributed by atoms with Gasteiger partial charge in [-0.25, -0.2) is 9.97 Å². The molecule has 0 fully saturated rings. The number of aromatic hydroxyl groups is 1. The molecule has 4 rings (SSSR count). The number of hydrogen-bond donors (Lipinski definition) is 2. The molecule has 0 unspecified atom stereocenters. The number of benzene rings is 1. The highest BCUT2D eigenvalue weighted by Gasteiger charge is 2.15. The summed E-state index contributed by atoms with van der Waals surface area (Å²) >= 11 is 13.8. The van der Waals surface area contributed by atoms with Crippen LogP contribution >= 0.6 is 34.5 Å². The van der Waals surface area contributed by atoms with Crippen LogP contribution in [0.4, 0.5) is 11.5 Å². The van der Waals surface area contributed by atoms with Crippen LogP contribution in [-0.2, 0) is 0 Å². The van der Waals surface area contributed by atoms with Crippen molar-refractivity contribution in [3.8, 4) is 5.88 Å². The van der Waals surface area contributed by atoms with E-state index in [2.05, 4.69) is 25.2 Å². The minimum Gasteiger partial charge on any atom is -0.493 e. The Kier molecular flexibility index (Phi) is 3.87. The molecular formula is C16H11Cl2N5OS. The van der Waals surface area contributed by atoms with Crippen LogP contribution in [0.2, 0.25) is 10.0 Å². The van der Waals surface area contributed by atoms with Gasteiger partial charge >= 0.3 is 0 Å². The van der Waals surface area contributed by atoms with Gasteiger partial charge in [-0.2, -0.15) is 0 Å². The van der Waals surface area contributed by atoms with Crippen LogP contribution in [0.3, 0.4) is 0 Å². The van der Waals surface area contributed by atoms with E-state index in [-0.39, 0.29) is 11.6 Å². The minimum atomic E-state index is -0.133. The zero-order valence-corrected chi connectivity index (χ0v) is 15.5.